The molecule has 0 aliphatic rings. The quantitative estimate of drug-likeness (QED) is 0.149. The highest BCUT2D eigenvalue weighted by atomic mass is 16.3. The molecule has 19 rings (SSSR count). The van der Waals surface area contributed by atoms with E-state index < -0.39 is 519 Å². The van der Waals surface area contributed by atoms with Crippen molar-refractivity contribution in [1.82, 2.24) is 0 Å². The summed E-state index contributed by atoms with van der Waals surface area (Å²) in [4.78, 5) is 0. The van der Waals surface area contributed by atoms with Gasteiger partial charge >= 0.3 is 0 Å². The third kappa shape index (κ3) is 8.72. The molecule has 2 heteroatoms. The summed E-state index contributed by atoms with van der Waals surface area (Å²) in [5.41, 5.74) is -12.9. The summed E-state index contributed by atoms with van der Waals surface area (Å²) < 4.78 is 505. The maximum absolute atomic E-state index is 9.96. The van der Waals surface area contributed by atoms with Crippen LogP contribution in [0.25, 0.3) is 186 Å². The van der Waals surface area contributed by atoms with Crippen molar-refractivity contribution >= 4 is 109 Å². The van der Waals surface area contributed by atoms with E-state index in [9.17, 15) is 24.7 Å². The van der Waals surface area contributed by atoms with E-state index in [1.165, 1.54) is 0 Å². The lowest BCUT2D eigenvalue weighted by molar-refractivity contribution is 0.672. The average Bonchev–Trinajstić information content (AvgIpc) is 1.55. The van der Waals surface area contributed by atoms with Crippen molar-refractivity contribution < 1.29 is 84.2 Å². The van der Waals surface area contributed by atoms with Crippen LogP contribution in [0.4, 0.5) is 0 Å². The second-order valence-electron chi connectivity index (χ2n) is 19.9. The zero-order valence-electron chi connectivity index (χ0n) is 101. The van der Waals surface area contributed by atoms with Crippen molar-refractivity contribution in [3.63, 3.8) is 0 Å². The van der Waals surface area contributed by atoms with Gasteiger partial charge < -0.3 is 8.83 Å². The highest BCUT2D eigenvalue weighted by Gasteiger charge is 2.24. The summed E-state index contributed by atoms with van der Waals surface area (Å²) in [5.74, 6) is 0. The van der Waals surface area contributed by atoms with Gasteiger partial charge in [-0.15, -0.1) is 0 Å². The van der Waals surface area contributed by atoms with E-state index in [0.717, 1.165) is 6.07 Å². The third-order valence-corrected chi connectivity index (χ3v) is 15.0. The zero-order chi connectivity index (χ0) is 109. The van der Waals surface area contributed by atoms with E-state index in [2.05, 4.69) is 0 Å². The molecular weight excluding hydrogens is 1110 g/mol. The fraction of sp³-hybridized carbons (Fsp3) is 0. The Morgan fingerprint density at radius 1 is 0.196 bits per heavy atom. The van der Waals surface area contributed by atoms with Gasteiger partial charge in [-0.05, 0) is 174 Å². The lowest BCUT2D eigenvalue weighted by Crippen LogP contribution is -1.92. The molecule has 0 bridgehead atoms. The molecule has 0 aliphatic heterocycles. The van der Waals surface area contributed by atoms with E-state index in [-0.39, 0.29) is 0 Å². The van der Waals surface area contributed by atoms with Crippen molar-refractivity contribution in [3.8, 4) is 77.9 Å². The van der Waals surface area contributed by atoms with Crippen molar-refractivity contribution in [2.45, 2.75) is 0 Å². The summed E-state index contributed by atoms with van der Waals surface area (Å²) in [6.45, 7) is 0. The Kier molecular flexibility index (Phi) is 5.13. The molecule has 0 N–H and O–H groups in total. The molecule has 19 aromatic rings. The highest BCUT2D eigenvalue weighted by Crippen LogP contribution is 2.51. The molecule has 2 aromatic heterocycles. The largest absolute Gasteiger partial charge is 0.455 e. The van der Waals surface area contributed by atoms with Gasteiger partial charge in [-0.2, -0.15) is 0 Å². The van der Waals surface area contributed by atoms with E-state index in [0.29, 0.717) is 0 Å². The Bertz CT molecular complexity index is 9220. The van der Waals surface area contributed by atoms with E-state index in [1.54, 1.807) is 0 Å². The molecule has 0 saturated carbocycles. The molecule has 0 aliphatic carbocycles. The molecule has 0 fully saturated rings. The Labute approximate surface area is 609 Å². The minimum Gasteiger partial charge on any atom is -0.455 e. The fourth-order valence-corrected chi connectivity index (χ4v) is 11.2. The van der Waals surface area contributed by atoms with Gasteiger partial charge in [0.15, 0.2) is 0 Å². The van der Waals surface area contributed by atoms with Gasteiger partial charge in [0, 0.05) is 32.3 Å². The maximum Gasteiger partial charge on any atom is 0.143 e. The highest BCUT2D eigenvalue weighted by molar-refractivity contribution is 6.29. The van der Waals surface area contributed by atoms with Crippen molar-refractivity contribution in [1.29, 1.82) is 0 Å². The topological polar surface area (TPSA) is 26.3 Å². The number of rotatable bonds is 7. The van der Waals surface area contributed by atoms with Gasteiger partial charge in [-0.25, -0.2) is 0 Å². The first-order valence-electron chi connectivity index (χ1n) is 54.6. The molecule has 0 unspecified atom stereocenters. The summed E-state index contributed by atoms with van der Waals surface area (Å²) in [5, 5.41) is -10.0. The molecule has 0 radical (unpaired) electrons. The monoisotopic (exact) mass is 1220 g/mol. The molecule has 2 heterocycles. The number of fused-ring (bicyclic) bond motifs is 14. The van der Waals surface area contributed by atoms with Gasteiger partial charge in [-0.1, -0.05) is 296 Å². The molecule has 0 atom stereocenters. The Morgan fingerprint density at radius 3 is 0.891 bits per heavy atom. The normalized spacial score (nSPS) is 20.1. The van der Waals surface area contributed by atoms with E-state index in [1.807, 2.05) is 0 Å². The lowest BCUT2D eigenvalue weighted by Gasteiger charge is -2.19. The van der Waals surface area contributed by atoms with Crippen LogP contribution in [0, 0.1) is 0 Å². The molecule has 0 saturated heterocycles. The summed E-state index contributed by atoms with van der Waals surface area (Å²) in [6, 6.07) is -50.2. The van der Waals surface area contributed by atoms with Crippen molar-refractivity contribution in [2.24, 2.45) is 0 Å². The minimum atomic E-state index is -1.06. The van der Waals surface area contributed by atoms with Gasteiger partial charge in [-0.3, -0.25) is 0 Å². The Hall–Kier alpha value is -12.1. The lowest BCUT2D eigenvalue weighted by atomic mass is 9.83. The molecular formula is C90H56O2. The molecule has 428 valence electrons. The van der Waals surface area contributed by atoms with Crippen molar-refractivity contribution in [3.05, 3.63) is 338 Å². The average molecular weight is 1220 g/mol. The van der Waals surface area contributed by atoms with Crippen LogP contribution in [-0.4, -0.2) is 0 Å². The fourth-order valence-electron chi connectivity index (χ4n) is 11.2. The Morgan fingerprint density at radius 2 is 0.500 bits per heavy atom. The second kappa shape index (κ2) is 21.9. The van der Waals surface area contributed by atoms with Gasteiger partial charge in [0.25, 0.3) is 0 Å². The number of benzene rings is 17. The number of hydrogen-bond acceptors (Lipinski definition) is 2. The van der Waals surface area contributed by atoms with Crippen LogP contribution < -0.4 is 0 Å². The second-order valence-corrected chi connectivity index (χ2v) is 19.9. The molecule has 17 aromatic carbocycles. The Balaban J connectivity index is 0.000000194. The van der Waals surface area contributed by atoms with E-state index >= 15 is 0 Å². The molecule has 0 spiro atoms. The van der Waals surface area contributed by atoms with Gasteiger partial charge in [0.1, 0.15) is 22.3 Å². The van der Waals surface area contributed by atoms with E-state index in [4.69, 9.17) is 59.6 Å². The third-order valence-electron chi connectivity index (χ3n) is 15.0. The minimum absolute atomic E-state index is 0.444. The summed E-state index contributed by atoms with van der Waals surface area (Å²) in [7, 11) is 0. The zero-order valence-corrected chi connectivity index (χ0v) is 45.9. The first-order valence-corrected chi connectivity index (χ1v) is 27.1. The summed E-state index contributed by atoms with van der Waals surface area (Å²) in [6.07, 6.45) is 0. The smallest absolute Gasteiger partial charge is 0.143 e. The number of hydrogen-bond donors (Lipinski definition) is 0. The molecule has 0 amide bonds. The molecule has 92 heavy (non-hydrogen) atoms. The SMILES string of the molecule is [2H]c1c([2H])c([2H])c(-c2c([2H])c([2H])c(-c3c4c([2H])c([2H])c([2H])c([2H])c4c(-c4c([2H])c([2H])c([2H])c5oc6c7c([2H])c([2H])c([2H])c([2H])c7c([2H])c([2H])c6c45)c4c([2H])c([2H])c([2H])c([2H])c34)c([2H])c2[2H])c([2H])c1[2H].[2H]c1c([2H])c([2H])c(-c2cc(-c3c([2H])c([2H])c([2H])c([2H])c3[2H])c([2H])c(-c3c4c([2H])c([2H])c([2H])c([2H])c4c(-c4c([2H])c([2H])c([2H])c5oc6c7c([2H])c([2H])c([2H])c([2H])c7c([2H])c([2H])c6c45)c4c([2H])c([2H])c([2H])c([2H])c34)c2[2H])c([2H])c1[2H]. The molecule has 2 nitrogen and oxygen atoms in total. The maximum atomic E-state index is 9.96. The van der Waals surface area contributed by atoms with Crippen molar-refractivity contribution in [2.75, 3.05) is 0 Å². The standard InChI is InChI=1S/C48H30O.C42H26O/c1-3-14-31(15-4-1)34-28-35(32-16-5-2-6-17-32)30-36(29-34)45-38-20-9-11-22-40(38)46(41-23-12-10-21-39(41)45)42-24-13-25-44-47(42)43-27-26-33-18-7-8-19-37(33)48(43)49-44;1-2-11-27(12-3-1)28-21-23-30(24-22-28)39-32-15-6-8-17-34(32)40(35-18-9-7-16-33(35)39)36-19-10-20-38-41(36)37-26-25-29-13-4-5-14-31(29)42(37)43-38/h1-30H;1-26H/i1D,2D,3D,4D,5D,6D,7D,8D,9D,10D,11D,12D,13D,14D,15D,16D,17D,18D,19D,20D,21D,22D,23D,24D,25D,26D,27D,29D,30D;1D,2D,3D,4D,5D,6D,7D,8D,9D,10D,11D,12D,13D,14D,15D,16D,17D,18D,19D,20D,21D,22D,23D,24D,25D,26D. The first kappa shape index (κ1) is 21.6. The van der Waals surface area contributed by atoms with Crippen LogP contribution in [0.3, 0.4) is 0 Å². The van der Waals surface area contributed by atoms with Crippen LogP contribution in [0.15, 0.2) is 347 Å². The predicted octanol–water partition coefficient (Wildman–Crippen LogP) is 25.8. The van der Waals surface area contributed by atoms with Crippen LogP contribution >= 0.6 is 0 Å². The summed E-state index contributed by atoms with van der Waals surface area (Å²) >= 11 is 0. The predicted molar refractivity (Wildman–Crippen MR) is 391 cm³/mol. The van der Waals surface area contributed by atoms with Crippen LogP contribution in [0.1, 0.15) is 75.4 Å². The van der Waals surface area contributed by atoms with Crippen LogP contribution in [-0.2, 0) is 0 Å². The number of furan rings is 2. The van der Waals surface area contributed by atoms with Gasteiger partial charge in [0.05, 0.1) is 75.4 Å². The van der Waals surface area contributed by atoms with Crippen LogP contribution in [0.5, 0.6) is 0 Å². The van der Waals surface area contributed by atoms with Crippen LogP contribution in [0.2, 0.25) is 0 Å². The van der Waals surface area contributed by atoms with Gasteiger partial charge in [0.2, 0.25) is 0 Å². The first-order chi connectivity index (χ1) is 68.5.